The number of hydrogen-bond acceptors (Lipinski definition) is 3. The SMILES string of the molecule is Cc1c(C(=O)NCCOc2cccc(Cl)c2)cnn1-c1cccc(Cl)c1. The van der Waals surface area contributed by atoms with Crippen LogP contribution >= 0.6 is 23.2 Å². The molecule has 1 heterocycles. The van der Waals surface area contributed by atoms with E-state index in [1.807, 2.05) is 31.2 Å². The van der Waals surface area contributed by atoms with Crippen molar-refractivity contribution in [2.75, 3.05) is 13.2 Å². The molecule has 1 amide bonds. The molecule has 0 unspecified atom stereocenters. The number of carbonyl (C=O) groups is 1. The number of carbonyl (C=O) groups excluding carboxylic acids is 1. The van der Waals surface area contributed by atoms with Crippen LogP contribution in [0.5, 0.6) is 5.75 Å². The zero-order valence-electron chi connectivity index (χ0n) is 14.1. The van der Waals surface area contributed by atoms with Crippen LogP contribution in [0.1, 0.15) is 16.1 Å². The molecular formula is C19H17Cl2N3O2. The molecule has 0 bridgehead atoms. The van der Waals surface area contributed by atoms with Gasteiger partial charge in [-0.15, -0.1) is 0 Å². The van der Waals surface area contributed by atoms with Crippen LogP contribution in [0.3, 0.4) is 0 Å². The second-order valence-corrected chi connectivity index (χ2v) is 6.47. The lowest BCUT2D eigenvalue weighted by atomic mass is 10.2. The Morgan fingerprint density at radius 3 is 2.62 bits per heavy atom. The normalized spacial score (nSPS) is 10.6. The second kappa shape index (κ2) is 8.25. The molecule has 0 saturated carbocycles. The Morgan fingerprint density at radius 2 is 1.88 bits per heavy atom. The Morgan fingerprint density at radius 1 is 1.15 bits per heavy atom. The topological polar surface area (TPSA) is 56.1 Å². The van der Waals surface area contributed by atoms with Crippen LogP contribution in [-0.4, -0.2) is 28.8 Å². The third-order valence-corrected chi connectivity index (χ3v) is 4.23. The van der Waals surface area contributed by atoms with Crippen LogP contribution in [0.15, 0.2) is 54.7 Å². The molecule has 134 valence electrons. The molecule has 5 nitrogen and oxygen atoms in total. The van der Waals surface area contributed by atoms with Crippen molar-refractivity contribution in [3.8, 4) is 11.4 Å². The number of ether oxygens (including phenoxy) is 1. The number of nitrogens with one attached hydrogen (secondary N) is 1. The van der Waals surface area contributed by atoms with Gasteiger partial charge in [-0.05, 0) is 43.3 Å². The van der Waals surface area contributed by atoms with Crippen LogP contribution in [0.25, 0.3) is 5.69 Å². The van der Waals surface area contributed by atoms with Crippen molar-refractivity contribution in [2.24, 2.45) is 0 Å². The van der Waals surface area contributed by atoms with Gasteiger partial charge in [0.2, 0.25) is 0 Å². The predicted octanol–water partition coefficient (Wildman–Crippen LogP) is 4.30. The molecule has 0 fully saturated rings. The highest BCUT2D eigenvalue weighted by Gasteiger charge is 2.15. The van der Waals surface area contributed by atoms with Gasteiger partial charge in [0.1, 0.15) is 12.4 Å². The van der Waals surface area contributed by atoms with E-state index >= 15 is 0 Å². The summed E-state index contributed by atoms with van der Waals surface area (Å²) in [5.74, 6) is 0.460. The number of hydrogen-bond donors (Lipinski definition) is 1. The third kappa shape index (κ3) is 4.36. The number of aromatic nitrogens is 2. The molecule has 0 aliphatic heterocycles. The average Bonchev–Trinajstić information content (AvgIpc) is 3.00. The van der Waals surface area contributed by atoms with Crippen LogP contribution in [0.4, 0.5) is 0 Å². The maximum Gasteiger partial charge on any atom is 0.254 e. The summed E-state index contributed by atoms with van der Waals surface area (Å²) in [6.07, 6.45) is 1.55. The van der Waals surface area contributed by atoms with Gasteiger partial charge in [-0.3, -0.25) is 4.79 Å². The molecule has 26 heavy (non-hydrogen) atoms. The number of rotatable bonds is 6. The Labute approximate surface area is 161 Å². The van der Waals surface area contributed by atoms with Crippen molar-refractivity contribution >= 4 is 29.1 Å². The molecule has 2 aromatic carbocycles. The fraction of sp³-hybridized carbons (Fsp3) is 0.158. The minimum Gasteiger partial charge on any atom is -0.492 e. The molecule has 3 aromatic rings. The van der Waals surface area contributed by atoms with Crippen molar-refractivity contribution in [3.05, 3.63) is 76.0 Å². The highest BCUT2D eigenvalue weighted by Crippen LogP contribution is 2.18. The van der Waals surface area contributed by atoms with Gasteiger partial charge in [0.05, 0.1) is 29.7 Å². The maximum atomic E-state index is 12.4. The summed E-state index contributed by atoms with van der Waals surface area (Å²) in [6, 6.07) is 14.4. The first-order chi connectivity index (χ1) is 12.5. The monoisotopic (exact) mass is 389 g/mol. The Kier molecular flexibility index (Phi) is 5.81. The van der Waals surface area contributed by atoms with Gasteiger partial charge >= 0.3 is 0 Å². The lowest BCUT2D eigenvalue weighted by Crippen LogP contribution is -2.28. The second-order valence-electron chi connectivity index (χ2n) is 5.60. The molecule has 0 aliphatic rings. The lowest BCUT2D eigenvalue weighted by Gasteiger charge is -2.08. The van der Waals surface area contributed by atoms with Crippen LogP contribution in [-0.2, 0) is 0 Å². The van der Waals surface area contributed by atoms with Crippen molar-refractivity contribution in [1.82, 2.24) is 15.1 Å². The van der Waals surface area contributed by atoms with E-state index in [0.717, 1.165) is 11.4 Å². The van der Waals surface area contributed by atoms with Crippen LogP contribution in [0.2, 0.25) is 10.0 Å². The Balaban J connectivity index is 1.58. The zero-order valence-corrected chi connectivity index (χ0v) is 15.6. The predicted molar refractivity (Wildman–Crippen MR) is 103 cm³/mol. The van der Waals surface area contributed by atoms with Gasteiger partial charge in [0.25, 0.3) is 5.91 Å². The first-order valence-corrected chi connectivity index (χ1v) is 8.77. The van der Waals surface area contributed by atoms with Gasteiger partial charge < -0.3 is 10.1 Å². The standard InChI is InChI=1S/C19H17Cl2N3O2/c1-13-18(12-23-24(13)16-6-2-4-14(20)10-16)19(25)22-8-9-26-17-7-3-5-15(21)11-17/h2-7,10-12H,8-9H2,1H3,(H,22,25). The van der Waals surface area contributed by atoms with Crippen LogP contribution < -0.4 is 10.1 Å². The van der Waals surface area contributed by atoms with Crippen LogP contribution in [0, 0.1) is 6.92 Å². The molecule has 0 radical (unpaired) electrons. The fourth-order valence-electron chi connectivity index (χ4n) is 2.49. The third-order valence-electron chi connectivity index (χ3n) is 3.76. The van der Waals surface area contributed by atoms with Crippen molar-refractivity contribution in [3.63, 3.8) is 0 Å². The maximum absolute atomic E-state index is 12.4. The van der Waals surface area contributed by atoms with Crippen molar-refractivity contribution in [2.45, 2.75) is 6.92 Å². The zero-order chi connectivity index (χ0) is 18.5. The Hall–Kier alpha value is -2.50. The fourth-order valence-corrected chi connectivity index (χ4v) is 2.85. The summed E-state index contributed by atoms with van der Waals surface area (Å²) in [5, 5.41) is 8.33. The molecular weight excluding hydrogens is 373 g/mol. The molecule has 1 aromatic heterocycles. The van der Waals surface area contributed by atoms with Gasteiger partial charge in [0.15, 0.2) is 0 Å². The lowest BCUT2D eigenvalue weighted by molar-refractivity contribution is 0.0946. The van der Waals surface area contributed by atoms with Gasteiger partial charge in [-0.25, -0.2) is 4.68 Å². The molecule has 3 rings (SSSR count). The summed E-state index contributed by atoms with van der Waals surface area (Å²) >= 11 is 11.9. The summed E-state index contributed by atoms with van der Waals surface area (Å²) in [6.45, 7) is 2.55. The number of amides is 1. The minimum absolute atomic E-state index is 0.203. The summed E-state index contributed by atoms with van der Waals surface area (Å²) in [5.41, 5.74) is 2.05. The summed E-state index contributed by atoms with van der Waals surface area (Å²) < 4.78 is 7.24. The van der Waals surface area contributed by atoms with E-state index in [0.29, 0.717) is 34.5 Å². The van der Waals surface area contributed by atoms with E-state index in [9.17, 15) is 4.79 Å². The van der Waals surface area contributed by atoms with Gasteiger partial charge in [0, 0.05) is 10.0 Å². The number of nitrogens with zero attached hydrogens (tertiary/aromatic N) is 2. The first kappa shape index (κ1) is 18.3. The molecule has 7 heteroatoms. The smallest absolute Gasteiger partial charge is 0.254 e. The van der Waals surface area contributed by atoms with Gasteiger partial charge in [-0.2, -0.15) is 5.10 Å². The van der Waals surface area contributed by atoms with E-state index in [1.54, 1.807) is 35.1 Å². The number of benzene rings is 2. The molecule has 0 spiro atoms. The van der Waals surface area contributed by atoms with Crippen molar-refractivity contribution < 1.29 is 9.53 Å². The Bertz CT molecular complexity index is 925. The summed E-state index contributed by atoms with van der Waals surface area (Å²) in [4.78, 5) is 12.4. The van der Waals surface area contributed by atoms with E-state index in [-0.39, 0.29) is 5.91 Å². The molecule has 0 aliphatic carbocycles. The minimum atomic E-state index is -0.203. The first-order valence-electron chi connectivity index (χ1n) is 8.02. The van der Waals surface area contributed by atoms with E-state index in [4.69, 9.17) is 27.9 Å². The molecule has 0 atom stereocenters. The largest absolute Gasteiger partial charge is 0.492 e. The van der Waals surface area contributed by atoms with E-state index in [1.165, 1.54) is 0 Å². The van der Waals surface area contributed by atoms with Crippen molar-refractivity contribution in [1.29, 1.82) is 0 Å². The number of halogens is 2. The van der Waals surface area contributed by atoms with E-state index < -0.39 is 0 Å². The quantitative estimate of drug-likeness (QED) is 0.639. The average molecular weight is 390 g/mol. The summed E-state index contributed by atoms with van der Waals surface area (Å²) in [7, 11) is 0. The molecule has 1 N–H and O–H groups in total. The highest BCUT2D eigenvalue weighted by molar-refractivity contribution is 6.31. The van der Waals surface area contributed by atoms with Gasteiger partial charge in [-0.1, -0.05) is 35.3 Å². The molecule has 0 saturated heterocycles. The van der Waals surface area contributed by atoms with E-state index in [2.05, 4.69) is 10.4 Å². The highest BCUT2D eigenvalue weighted by atomic mass is 35.5.